The minimum absolute atomic E-state index is 0.692. The number of rotatable bonds is 8. The maximum Gasteiger partial charge on any atom is 0.145 e. The zero-order chi connectivity index (χ0) is 13.3. The lowest BCUT2D eigenvalue weighted by Gasteiger charge is -2.16. The van der Waals surface area contributed by atoms with Gasteiger partial charge < -0.3 is 5.11 Å². The summed E-state index contributed by atoms with van der Waals surface area (Å²) in [7, 11) is 0. The lowest BCUT2D eigenvalue weighted by Crippen LogP contribution is -2.19. The smallest absolute Gasteiger partial charge is 0.145 e. The fourth-order valence-electron chi connectivity index (χ4n) is 1.39. The normalized spacial score (nSPS) is 16.5. The fraction of sp³-hybridized carbons (Fsp3) is 0.533. The third kappa shape index (κ3) is 8.64. The van der Waals surface area contributed by atoms with Gasteiger partial charge in [0.1, 0.15) is 6.29 Å². The highest BCUT2D eigenvalue weighted by molar-refractivity contribution is 5.71. The van der Waals surface area contributed by atoms with Gasteiger partial charge in [0.15, 0.2) is 0 Å². The Kier molecular flexibility index (Phi) is 7.47. The van der Waals surface area contributed by atoms with Crippen LogP contribution in [0.4, 0.5) is 0 Å². The fourth-order valence-corrected chi connectivity index (χ4v) is 1.39. The average Bonchev–Trinajstić information content (AvgIpc) is 2.28. The summed E-state index contributed by atoms with van der Waals surface area (Å²) >= 11 is 0. The van der Waals surface area contributed by atoms with Gasteiger partial charge in [0.05, 0.1) is 5.60 Å². The minimum atomic E-state index is -0.773. The Bertz CT molecular complexity index is 309. The highest BCUT2D eigenvalue weighted by atomic mass is 16.3. The second-order valence-electron chi connectivity index (χ2n) is 4.76. The zero-order valence-corrected chi connectivity index (χ0v) is 11.2. The first-order valence-corrected chi connectivity index (χ1v) is 6.05. The van der Waals surface area contributed by atoms with Gasteiger partial charge in [-0.2, -0.15) is 0 Å². The van der Waals surface area contributed by atoms with Gasteiger partial charge in [-0.25, -0.2) is 0 Å². The number of hydrogen-bond donors (Lipinski definition) is 1. The highest BCUT2D eigenvalue weighted by Crippen LogP contribution is 2.15. The number of aliphatic hydroxyl groups is 1. The van der Waals surface area contributed by atoms with Crippen molar-refractivity contribution in [1.82, 2.24) is 0 Å². The average molecular weight is 236 g/mol. The predicted octanol–water partition coefficient (Wildman–Crippen LogP) is 3.58. The molecule has 0 aliphatic heterocycles. The molecule has 2 heteroatoms. The molecule has 1 N–H and O–H groups in total. The summed E-state index contributed by atoms with van der Waals surface area (Å²) in [5, 5.41) is 9.72. The number of carbonyl (C=O) groups is 1. The highest BCUT2D eigenvalue weighted by Gasteiger charge is 2.13. The van der Waals surface area contributed by atoms with E-state index in [2.05, 4.69) is 19.6 Å². The van der Waals surface area contributed by atoms with Gasteiger partial charge in [-0.1, -0.05) is 23.8 Å². The quantitative estimate of drug-likeness (QED) is 0.397. The van der Waals surface area contributed by atoms with Gasteiger partial charge in [0, 0.05) is 0 Å². The Labute approximate surface area is 105 Å². The van der Waals surface area contributed by atoms with E-state index >= 15 is 0 Å². The Hall–Kier alpha value is -1.15. The lowest BCUT2D eigenvalue weighted by atomic mass is 9.99. The van der Waals surface area contributed by atoms with E-state index in [0.29, 0.717) is 6.42 Å². The molecule has 0 aromatic rings. The van der Waals surface area contributed by atoms with Gasteiger partial charge in [0.2, 0.25) is 0 Å². The number of carbonyl (C=O) groups excluding carboxylic acids is 1. The third-order valence-electron chi connectivity index (χ3n) is 2.77. The van der Waals surface area contributed by atoms with Gasteiger partial charge in [0.25, 0.3) is 0 Å². The Morgan fingerprint density at radius 3 is 2.47 bits per heavy atom. The van der Waals surface area contributed by atoms with Crippen LogP contribution in [-0.2, 0) is 4.79 Å². The predicted molar refractivity (Wildman–Crippen MR) is 72.9 cm³/mol. The summed E-state index contributed by atoms with van der Waals surface area (Å²) in [5.41, 5.74) is 1.30. The van der Waals surface area contributed by atoms with Crippen molar-refractivity contribution in [2.45, 2.75) is 52.1 Å². The van der Waals surface area contributed by atoms with E-state index in [1.165, 1.54) is 5.57 Å². The summed E-state index contributed by atoms with van der Waals surface area (Å²) in [4.78, 5) is 10.4. The molecule has 0 heterocycles. The van der Waals surface area contributed by atoms with Crippen molar-refractivity contribution in [3.05, 3.63) is 36.0 Å². The van der Waals surface area contributed by atoms with Crippen LogP contribution in [0, 0.1) is 0 Å². The van der Waals surface area contributed by atoms with Gasteiger partial charge in [-0.15, -0.1) is 6.58 Å². The van der Waals surface area contributed by atoms with Crippen molar-refractivity contribution in [2.75, 3.05) is 0 Å². The topological polar surface area (TPSA) is 37.3 Å². The summed E-state index contributed by atoms with van der Waals surface area (Å²) in [6.45, 7) is 9.25. The molecule has 2 nitrogen and oxygen atoms in total. The van der Waals surface area contributed by atoms with Crippen molar-refractivity contribution in [3.8, 4) is 0 Å². The van der Waals surface area contributed by atoms with E-state index in [1.54, 1.807) is 13.0 Å². The lowest BCUT2D eigenvalue weighted by molar-refractivity contribution is -0.104. The van der Waals surface area contributed by atoms with Crippen LogP contribution in [0.1, 0.15) is 46.5 Å². The zero-order valence-electron chi connectivity index (χ0n) is 11.2. The molecule has 0 aromatic carbocycles. The first-order chi connectivity index (χ1) is 7.91. The molecule has 0 saturated carbocycles. The van der Waals surface area contributed by atoms with Crippen LogP contribution in [0.2, 0.25) is 0 Å². The molecule has 0 aromatic heterocycles. The molecule has 0 bridgehead atoms. The number of aldehydes is 1. The van der Waals surface area contributed by atoms with Crippen molar-refractivity contribution < 1.29 is 9.90 Å². The molecule has 1 atom stereocenters. The largest absolute Gasteiger partial charge is 0.386 e. The monoisotopic (exact) mass is 236 g/mol. The molecule has 0 unspecified atom stereocenters. The third-order valence-corrected chi connectivity index (χ3v) is 2.77. The molecule has 0 saturated heterocycles. The molecule has 0 spiro atoms. The standard InChI is InChI=1S/C15H24O2/c1-5-15(4,17)11-7-10-13(2)8-6-9-14(3)12-16/h5,9-10,12,17H,1,6-8,11H2,2-4H3/b13-10+,14-9+/t15-/m1/s1. The van der Waals surface area contributed by atoms with Crippen LogP contribution in [-0.4, -0.2) is 17.0 Å². The summed E-state index contributed by atoms with van der Waals surface area (Å²) < 4.78 is 0. The second kappa shape index (κ2) is 8.02. The van der Waals surface area contributed by atoms with Crippen molar-refractivity contribution >= 4 is 6.29 Å². The molecule has 0 rings (SSSR count). The Balaban J connectivity index is 3.95. The van der Waals surface area contributed by atoms with Crippen LogP contribution >= 0.6 is 0 Å². The van der Waals surface area contributed by atoms with Crippen molar-refractivity contribution in [1.29, 1.82) is 0 Å². The van der Waals surface area contributed by atoms with Crippen molar-refractivity contribution in [2.24, 2.45) is 0 Å². The maximum atomic E-state index is 10.4. The second-order valence-corrected chi connectivity index (χ2v) is 4.76. The van der Waals surface area contributed by atoms with E-state index in [9.17, 15) is 9.90 Å². The number of allylic oxidation sites excluding steroid dienone is 4. The summed E-state index contributed by atoms with van der Waals surface area (Å²) in [6, 6.07) is 0. The van der Waals surface area contributed by atoms with E-state index < -0.39 is 5.60 Å². The number of hydrogen-bond acceptors (Lipinski definition) is 2. The molecule has 0 amide bonds. The van der Waals surface area contributed by atoms with E-state index in [-0.39, 0.29) is 0 Å². The Morgan fingerprint density at radius 1 is 1.29 bits per heavy atom. The van der Waals surface area contributed by atoms with Crippen LogP contribution < -0.4 is 0 Å². The molecule has 0 aliphatic carbocycles. The molecule has 17 heavy (non-hydrogen) atoms. The Morgan fingerprint density at radius 2 is 1.94 bits per heavy atom. The molecular weight excluding hydrogens is 212 g/mol. The first kappa shape index (κ1) is 15.9. The molecule has 0 radical (unpaired) electrons. The first-order valence-electron chi connectivity index (χ1n) is 6.05. The van der Waals surface area contributed by atoms with E-state index in [4.69, 9.17) is 0 Å². The van der Waals surface area contributed by atoms with Crippen LogP contribution in [0.25, 0.3) is 0 Å². The van der Waals surface area contributed by atoms with Crippen LogP contribution in [0.3, 0.4) is 0 Å². The molecule has 96 valence electrons. The SMILES string of the molecule is C=C[C@@](C)(O)CC/C=C(\C)CC/C=C(\C)C=O. The maximum absolute atomic E-state index is 10.4. The van der Waals surface area contributed by atoms with Gasteiger partial charge in [-0.05, 0) is 52.0 Å². The van der Waals surface area contributed by atoms with Gasteiger partial charge >= 0.3 is 0 Å². The molecule has 0 fully saturated rings. The summed E-state index contributed by atoms with van der Waals surface area (Å²) in [6.07, 6.45) is 9.93. The van der Waals surface area contributed by atoms with Crippen LogP contribution in [0.15, 0.2) is 36.0 Å². The van der Waals surface area contributed by atoms with E-state index in [1.807, 2.05) is 13.0 Å². The molecular formula is C15H24O2. The summed E-state index contributed by atoms with van der Waals surface area (Å²) in [5.74, 6) is 0. The minimum Gasteiger partial charge on any atom is -0.386 e. The molecule has 0 aliphatic rings. The van der Waals surface area contributed by atoms with Gasteiger partial charge in [-0.3, -0.25) is 4.79 Å². The van der Waals surface area contributed by atoms with Crippen molar-refractivity contribution in [3.63, 3.8) is 0 Å². The van der Waals surface area contributed by atoms with E-state index in [0.717, 1.165) is 31.1 Å². The van der Waals surface area contributed by atoms with Crippen LogP contribution in [0.5, 0.6) is 0 Å².